The van der Waals surface area contributed by atoms with Crippen LogP contribution in [0.1, 0.15) is 25.8 Å². The fourth-order valence-corrected chi connectivity index (χ4v) is 2.13. The molecule has 0 aliphatic heterocycles. The van der Waals surface area contributed by atoms with Gasteiger partial charge in [-0.1, -0.05) is 13.8 Å². The molecule has 22 heavy (non-hydrogen) atoms. The van der Waals surface area contributed by atoms with Crippen molar-refractivity contribution < 1.29 is 14.3 Å². The van der Waals surface area contributed by atoms with E-state index in [9.17, 15) is 4.79 Å². The van der Waals surface area contributed by atoms with Crippen LogP contribution in [0.3, 0.4) is 0 Å². The van der Waals surface area contributed by atoms with Gasteiger partial charge in [0.15, 0.2) is 0 Å². The highest BCUT2D eigenvalue weighted by Crippen LogP contribution is 2.39. The zero-order valence-electron chi connectivity index (χ0n) is 14.2. The van der Waals surface area contributed by atoms with Crippen LogP contribution >= 0.6 is 12.4 Å². The molecule has 0 fully saturated rings. The first kappa shape index (κ1) is 20.4. The molecule has 0 heterocycles. The maximum Gasteiger partial charge on any atom is 0.321 e. The number of benzene rings is 1. The molecular formula is C16H27ClN2O3. The average molecular weight is 331 g/mol. The lowest BCUT2D eigenvalue weighted by atomic mass is 10.1. The second-order valence-electron chi connectivity index (χ2n) is 5.41. The van der Waals surface area contributed by atoms with Gasteiger partial charge in [0.2, 0.25) is 0 Å². The van der Waals surface area contributed by atoms with Gasteiger partial charge in [0.05, 0.1) is 14.2 Å². The van der Waals surface area contributed by atoms with Crippen molar-refractivity contribution in [2.75, 3.05) is 32.7 Å². The summed E-state index contributed by atoms with van der Waals surface area (Å²) >= 11 is 0. The number of nitrogens with one attached hydrogen (secondary N) is 1. The number of urea groups is 1. The summed E-state index contributed by atoms with van der Waals surface area (Å²) < 4.78 is 10.9. The van der Waals surface area contributed by atoms with Crippen LogP contribution in [0.5, 0.6) is 11.5 Å². The minimum atomic E-state index is -0.170. The number of hydrogen-bond donors (Lipinski definition) is 1. The highest BCUT2D eigenvalue weighted by Gasteiger charge is 2.23. The Labute approximate surface area is 139 Å². The molecular weight excluding hydrogens is 304 g/mol. The molecule has 0 aliphatic rings. The van der Waals surface area contributed by atoms with Gasteiger partial charge >= 0.3 is 6.03 Å². The second-order valence-corrected chi connectivity index (χ2v) is 5.41. The highest BCUT2D eigenvalue weighted by molar-refractivity contribution is 5.95. The minimum Gasteiger partial charge on any atom is -0.494 e. The molecule has 0 spiro atoms. The molecule has 0 saturated carbocycles. The van der Waals surface area contributed by atoms with Crippen molar-refractivity contribution in [2.45, 2.75) is 27.2 Å². The first-order valence-electron chi connectivity index (χ1n) is 7.16. The van der Waals surface area contributed by atoms with E-state index in [1.807, 2.05) is 19.1 Å². The van der Waals surface area contributed by atoms with E-state index in [1.165, 1.54) is 0 Å². The molecule has 0 aromatic heterocycles. The maximum atomic E-state index is 12.2. The molecule has 0 saturated heterocycles. The van der Waals surface area contributed by atoms with Gasteiger partial charge in [-0.25, -0.2) is 4.79 Å². The van der Waals surface area contributed by atoms with Crippen LogP contribution in [-0.2, 0) is 0 Å². The Balaban J connectivity index is 0.00000441. The van der Waals surface area contributed by atoms with Crippen molar-refractivity contribution in [2.24, 2.45) is 5.92 Å². The van der Waals surface area contributed by atoms with Crippen molar-refractivity contribution in [1.82, 2.24) is 5.32 Å². The summed E-state index contributed by atoms with van der Waals surface area (Å²) in [5.74, 6) is 1.78. The number of carbonyl (C=O) groups is 1. The Kier molecular flexibility index (Phi) is 8.72. The third-order valence-electron chi connectivity index (χ3n) is 3.28. The third-order valence-corrected chi connectivity index (χ3v) is 3.28. The van der Waals surface area contributed by atoms with Crippen LogP contribution in [0.15, 0.2) is 12.1 Å². The summed E-state index contributed by atoms with van der Waals surface area (Å²) in [6.07, 6.45) is 0.896. The van der Waals surface area contributed by atoms with E-state index in [-0.39, 0.29) is 18.4 Å². The van der Waals surface area contributed by atoms with Crippen LogP contribution in [0.4, 0.5) is 10.5 Å². The standard InChI is InChI=1S/C16H26N2O3.ClH/c1-11(2)7-8-18(16(19)17-4)15-13(20-5)9-12(3)10-14(15)21-6;/h9-11H,7-8H2,1-6H3,(H,17,19);1H. The van der Waals surface area contributed by atoms with Gasteiger partial charge in [-0.05, 0) is 37.0 Å². The van der Waals surface area contributed by atoms with E-state index in [2.05, 4.69) is 19.2 Å². The van der Waals surface area contributed by atoms with Gasteiger partial charge in [0, 0.05) is 13.6 Å². The fraction of sp³-hybridized carbons (Fsp3) is 0.562. The lowest BCUT2D eigenvalue weighted by Gasteiger charge is -2.27. The van der Waals surface area contributed by atoms with Crippen molar-refractivity contribution >= 4 is 24.1 Å². The lowest BCUT2D eigenvalue weighted by Crippen LogP contribution is -2.39. The predicted octanol–water partition coefficient (Wildman–Crippen LogP) is 3.63. The molecule has 6 heteroatoms. The summed E-state index contributed by atoms with van der Waals surface area (Å²) in [5.41, 5.74) is 1.69. The Hall–Kier alpha value is -1.62. The Morgan fingerprint density at radius 1 is 1.23 bits per heavy atom. The van der Waals surface area contributed by atoms with Gasteiger partial charge in [-0.15, -0.1) is 12.4 Å². The number of methoxy groups -OCH3 is 2. The van der Waals surface area contributed by atoms with E-state index in [0.29, 0.717) is 29.6 Å². The van der Waals surface area contributed by atoms with Crippen LogP contribution in [0.2, 0.25) is 0 Å². The Morgan fingerprint density at radius 3 is 2.09 bits per heavy atom. The van der Waals surface area contributed by atoms with E-state index >= 15 is 0 Å². The van der Waals surface area contributed by atoms with Crippen LogP contribution in [0.25, 0.3) is 0 Å². The summed E-state index contributed by atoms with van der Waals surface area (Å²) in [4.78, 5) is 13.9. The number of hydrogen-bond acceptors (Lipinski definition) is 3. The van der Waals surface area contributed by atoms with Crippen molar-refractivity contribution in [3.05, 3.63) is 17.7 Å². The van der Waals surface area contributed by atoms with Gasteiger partial charge in [0.1, 0.15) is 17.2 Å². The smallest absolute Gasteiger partial charge is 0.321 e. The van der Waals surface area contributed by atoms with Crippen LogP contribution in [-0.4, -0.2) is 33.8 Å². The highest BCUT2D eigenvalue weighted by atomic mass is 35.5. The molecule has 1 aromatic rings. The SMILES string of the molecule is CNC(=O)N(CCC(C)C)c1c(OC)cc(C)cc1OC.Cl. The number of ether oxygens (including phenoxy) is 2. The molecule has 1 rings (SSSR count). The van der Waals surface area contributed by atoms with Gasteiger partial charge < -0.3 is 14.8 Å². The normalized spacial score (nSPS) is 9.95. The number of anilines is 1. The van der Waals surface area contributed by atoms with Crippen LogP contribution in [0, 0.1) is 12.8 Å². The average Bonchev–Trinajstić information content (AvgIpc) is 2.46. The molecule has 0 atom stereocenters. The zero-order chi connectivity index (χ0) is 16.0. The van der Waals surface area contributed by atoms with Crippen molar-refractivity contribution in [3.63, 3.8) is 0 Å². The van der Waals surface area contributed by atoms with E-state index in [1.54, 1.807) is 26.2 Å². The fourth-order valence-electron chi connectivity index (χ4n) is 2.13. The molecule has 1 aromatic carbocycles. The van der Waals surface area contributed by atoms with E-state index < -0.39 is 0 Å². The lowest BCUT2D eigenvalue weighted by molar-refractivity contribution is 0.247. The van der Waals surface area contributed by atoms with Gasteiger partial charge in [-0.3, -0.25) is 4.90 Å². The first-order valence-corrected chi connectivity index (χ1v) is 7.16. The van der Waals surface area contributed by atoms with Crippen molar-refractivity contribution in [3.8, 4) is 11.5 Å². The van der Waals surface area contributed by atoms with Gasteiger partial charge in [0.25, 0.3) is 0 Å². The monoisotopic (exact) mass is 330 g/mol. The predicted molar refractivity (Wildman–Crippen MR) is 92.8 cm³/mol. The number of aryl methyl sites for hydroxylation is 1. The Morgan fingerprint density at radius 2 is 1.73 bits per heavy atom. The van der Waals surface area contributed by atoms with Crippen molar-refractivity contribution in [1.29, 1.82) is 0 Å². The van der Waals surface area contributed by atoms with Crippen LogP contribution < -0.4 is 19.7 Å². The summed E-state index contributed by atoms with van der Waals surface area (Å²) in [7, 11) is 4.82. The molecule has 5 nitrogen and oxygen atoms in total. The first-order chi connectivity index (χ1) is 9.94. The molecule has 2 amide bonds. The zero-order valence-corrected chi connectivity index (χ0v) is 15.0. The number of halogens is 1. The summed E-state index contributed by atoms with van der Waals surface area (Å²) in [6.45, 7) is 6.83. The maximum absolute atomic E-state index is 12.2. The quantitative estimate of drug-likeness (QED) is 0.866. The third kappa shape index (κ3) is 4.98. The molecule has 0 bridgehead atoms. The topological polar surface area (TPSA) is 50.8 Å². The summed E-state index contributed by atoms with van der Waals surface area (Å²) in [6, 6.07) is 3.64. The van der Waals surface area contributed by atoms with E-state index in [0.717, 1.165) is 12.0 Å². The van der Waals surface area contributed by atoms with Gasteiger partial charge in [-0.2, -0.15) is 0 Å². The molecule has 0 unspecified atom stereocenters. The second kappa shape index (κ2) is 9.41. The number of amides is 2. The van der Waals surface area contributed by atoms with E-state index in [4.69, 9.17) is 9.47 Å². The number of nitrogens with zero attached hydrogens (tertiary/aromatic N) is 1. The number of rotatable bonds is 6. The molecule has 126 valence electrons. The largest absolute Gasteiger partial charge is 0.494 e. The summed E-state index contributed by atoms with van der Waals surface area (Å²) in [5, 5.41) is 2.68. The molecule has 0 radical (unpaired) electrons. The number of carbonyl (C=O) groups excluding carboxylic acids is 1. The molecule has 0 aliphatic carbocycles. The minimum absolute atomic E-state index is 0. The molecule has 1 N–H and O–H groups in total. The Bertz CT molecular complexity index is 467.